The Balaban J connectivity index is 2.35. The molecule has 1 aromatic carbocycles. The molecule has 122 valence electrons. The van der Waals surface area contributed by atoms with Crippen LogP contribution < -0.4 is 4.74 Å². The first-order chi connectivity index (χ1) is 10.1. The van der Waals surface area contributed by atoms with Crippen molar-refractivity contribution < 1.29 is 17.7 Å². The number of hydrogen-bond donors (Lipinski definition) is 0. The Morgan fingerprint density at radius 1 is 1.32 bits per heavy atom. The Hall–Kier alpha value is -1.33. The quantitative estimate of drug-likeness (QED) is 0.777. The molecule has 1 aromatic rings. The summed E-state index contributed by atoms with van der Waals surface area (Å²) in [6.45, 7) is 6.38. The number of rotatable bonds is 5. The van der Waals surface area contributed by atoms with Crippen LogP contribution >= 0.6 is 0 Å². The number of allylic oxidation sites excluding steroid dienone is 2. The number of fused-ring (bicyclic) bond motifs is 1. The van der Waals surface area contributed by atoms with Gasteiger partial charge in [-0.05, 0) is 59.9 Å². The summed E-state index contributed by atoms with van der Waals surface area (Å²) in [6.07, 6.45) is 3.28. The summed E-state index contributed by atoms with van der Waals surface area (Å²) in [5.74, 6) is 0.662. The second-order valence-corrected chi connectivity index (χ2v) is 8.08. The van der Waals surface area contributed by atoms with Crippen molar-refractivity contribution in [3.05, 3.63) is 35.4 Å². The summed E-state index contributed by atoms with van der Waals surface area (Å²) < 4.78 is 37.9. The molecule has 0 amide bonds. The van der Waals surface area contributed by atoms with Gasteiger partial charge >= 0.3 is 0 Å². The summed E-state index contributed by atoms with van der Waals surface area (Å²) >= 11 is 0. The van der Waals surface area contributed by atoms with Gasteiger partial charge in [-0.3, -0.25) is 0 Å². The number of ether oxygens (including phenoxy) is 1. The first kappa shape index (κ1) is 17.0. The second kappa shape index (κ2) is 6.05. The maximum Gasteiger partial charge on any atom is 0.119 e. The minimum absolute atomic E-state index is 0.0872. The smallest absolute Gasteiger partial charge is 0.119 e. The van der Waals surface area contributed by atoms with Gasteiger partial charge in [-0.25, -0.2) is 8.42 Å². The van der Waals surface area contributed by atoms with Crippen LogP contribution in [0.4, 0.5) is 0 Å². The van der Waals surface area contributed by atoms with Crippen LogP contribution in [0.25, 0.3) is 5.57 Å². The fraction of sp³-hybridized carbons (Fsp3) is 0.529. The third-order valence-electron chi connectivity index (χ3n) is 4.43. The number of methoxy groups -OCH3 is 1. The van der Waals surface area contributed by atoms with Crippen LogP contribution in [0.5, 0.6) is 5.75 Å². The molecular weight excluding hydrogens is 300 g/mol. The highest BCUT2D eigenvalue weighted by Gasteiger charge is 2.34. The fourth-order valence-electron chi connectivity index (χ4n) is 3.44. The summed E-state index contributed by atoms with van der Waals surface area (Å²) in [7, 11) is -2.52. The molecule has 4 nitrogen and oxygen atoms in total. The van der Waals surface area contributed by atoms with Gasteiger partial charge in [0, 0.05) is 5.75 Å². The molecule has 0 radical (unpaired) electrons. The van der Waals surface area contributed by atoms with Crippen molar-refractivity contribution in [1.29, 1.82) is 0 Å². The fourth-order valence-corrected chi connectivity index (χ4v) is 3.96. The third-order valence-corrected chi connectivity index (χ3v) is 5.22. The van der Waals surface area contributed by atoms with E-state index in [0.29, 0.717) is 12.8 Å². The van der Waals surface area contributed by atoms with Gasteiger partial charge in [-0.2, -0.15) is 0 Å². The van der Waals surface area contributed by atoms with E-state index >= 15 is 0 Å². The molecular formula is C17H23O4S-. The van der Waals surface area contributed by atoms with E-state index < -0.39 is 10.1 Å². The minimum Gasteiger partial charge on any atom is -0.748 e. The standard InChI is InChI=1S/C17H24O4S/c1-12-11-17(2,3)16(6-5-9-22(18,19)20)15-10-13(21-4)7-8-14(12)15/h7-8,10-11,16H,5-6,9H2,1-4H3,(H,18,19,20)/p-1. The first-order valence-electron chi connectivity index (χ1n) is 7.45. The highest BCUT2D eigenvalue weighted by atomic mass is 32.2. The zero-order valence-electron chi connectivity index (χ0n) is 13.5. The van der Waals surface area contributed by atoms with Gasteiger partial charge in [0.2, 0.25) is 0 Å². The van der Waals surface area contributed by atoms with Crippen molar-refractivity contribution in [3.63, 3.8) is 0 Å². The molecule has 0 fully saturated rings. The average Bonchev–Trinajstić information content (AvgIpc) is 2.40. The van der Waals surface area contributed by atoms with Gasteiger partial charge in [-0.15, -0.1) is 0 Å². The van der Waals surface area contributed by atoms with Gasteiger partial charge in [0.25, 0.3) is 0 Å². The molecule has 1 aliphatic rings. The summed E-state index contributed by atoms with van der Waals surface area (Å²) in [5.41, 5.74) is 3.48. The van der Waals surface area contributed by atoms with Crippen molar-refractivity contribution in [2.45, 2.75) is 39.5 Å². The molecule has 0 aliphatic heterocycles. The summed E-state index contributed by atoms with van der Waals surface area (Å²) in [5, 5.41) is 0. The molecule has 0 saturated carbocycles. The van der Waals surface area contributed by atoms with Crippen LogP contribution in [0, 0.1) is 5.41 Å². The Morgan fingerprint density at radius 2 is 2.00 bits per heavy atom. The van der Waals surface area contributed by atoms with E-state index in [-0.39, 0.29) is 17.1 Å². The highest BCUT2D eigenvalue weighted by Crippen LogP contribution is 2.48. The lowest BCUT2D eigenvalue weighted by Crippen LogP contribution is -2.25. The Bertz CT molecular complexity index is 687. The Kier molecular flexibility index (Phi) is 4.68. The highest BCUT2D eigenvalue weighted by molar-refractivity contribution is 7.85. The Morgan fingerprint density at radius 3 is 2.59 bits per heavy atom. The van der Waals surface area contributed by atoms with Gasteiger partial charge in [0.15, 0.2) is 0 Å². The molecule has 22 heavy (non-hydrogen) atoms. The lowest BCUT2D eigenvalue weighted by molar-refractivity contribution is 0.342. The topological polar surface area (TPSA) is 66.4 Å². The van der Waals surface area contributed by atoms with Crippen LogP contribution in [0.1, 0.15) is 50.7 Å². The molecule has 0 heterocycles. The van der Waals surface area contributed by atoms with Crippen molar-refractivity contribution in [1.82, 2.24) is 0 Å². The molecule has 0 spiro atoms. The minimum atomic E-state index is -4.15. The third kappa shape index (κ3) is 3.70. The lowest BCUT2D eigenvalue weighted by atomic mass is 9.66. The molecule has 1 unspecified atom stereocenters. The predicted octanol–water partition coefficient (Wildman–Crippen LogP) is 3.55. The van der Waals surface area contributed by atoms with Gasteiger partial charge in [0.05, 0.1) is 17.2 Å². The molecule has 0 N–H and O–H groups in total. The van der Waals surface area contributed by atoms with E-state index in [0.717, 1.165) is 5.75 Å². The normalized spacial score (nSPS) is 20.2. The maximum absolute atomic E-state index is 10.8. The average molecular weight is 323 g/mol. The lowest BCUT2D eigenvalue weighted by Gasteiger charge is -2.38. The van der Waals surface area contributed by atoms with Crippen LogP contribution in [0.2, 0.25) is 0 Å². The van der Waals surface area contributed by atoms with E-state index in [1.54, 1.807) is 7.11 Å². The number of benzene rings is 1. The number of hydrogen-bond acceptors (Lipinski definition) is 4. The zero-order valence-corrected chi connectivity index (χ0v) is 14.4. The largest absolute Gasteiger partial charge is 0.748 e. The van der Waals surface area contributed by atoms with Gasteiger partial charge < -0.3 is 9.29 Å². The van der Waals surface area contributed by atoms with Gasteiger partial charge in [-0.1, -0.05) is 26.0 Å². The van der Waals surface area contributed by atoms with Crippen molar-refractivity contribution in [3.8, 4) is 5.75 Å². The predicted molar refractivity (Wildman–Crippen MR) is 87.0 cm³/mol. The Labute approximate surface area is 132 Å². The van der Waals surface area contributed by atoms with E-state index in [9.17, 15) is 13.0 Å². The maximum atomic E-state index is 10.8. The zero-order chi connectivity index (χ0) is 16.5. The van der Waals surface area contributed by atoms with Gasteiger partial charge in [0.1, 0.15) is 5.75 Å². The molecule has 1 aliphatic carbocycles. The van der Waals surface area contributed by atoms with Crippen LogP contribution in [-0.4, -0.2) is 25.8 Å². The molecule has 1 atom stereocenters. The van der Waals surface area contributed by atoms with E-state index in [1.807, 2.05) is 18.2 Å². The molecule has 0 aromatic heterocycles. The van der Waals surface area contributed by atoms with E-state index in [2.05, 4.69) is 26.8 Å². The van der Waals surface area contributed by atoms with Crippen molar-refractivity contribution in [2.24, 2.45) is 5.41 Å². The monoisotopic (exact) mass is 323 g/mol. The van der Waals surface area contributed by atoms with Crippen LogP contribution in [0.15, 0.2) is 24.3 Å². The summed E-state index contributed by atoms with van der Waals surface area (Å²) in [4.78, 5) is 0. The van der Waals surface area contributed by atoms with E-state index in [4.69, 9.17) is 4.74 Å². The molecule has 0 bridgehead atoms. The van der Waals surface area contributed by atoms with Crippen LogP contribution in [-0.2, 0) is 10.1 Å². The first-order valence-corrected chi connectivity index (χ1v) is 9.03. The molecule has 2 rings (SSSR count). The second-order valence-electron chi connectivity index (χ2n) is 6.56. The molecule has 5 heteroatoms. The SMILES string of the molecule is COc1ccc2c(c1)C(CCCS(=O)(=O)[O-])C(C)(C)C=C2C. The van der Waals surface area contributed by atoms with E-state index in [1.165, 1.54) is 16.7 Å². The van der Waals surface area contributed by atoms with Crippen molar-refractivity contribution >= 4 is 15.7 Å². The molecule has 0 saturated heterocycles. The summed E-state index contributed by atoms with van der Waals surface area (Å²) in [6, 6.07) is 6.02. The van der Waals surface area contributed by atoms with Crippen molar-refractivity contribution in [2.75, 3.05) is 12.9 Å². The van der Waals surface area contributed by atoms with Crippen LogP contribution in [0.3, 0.4) is 0 Å².